The maximum Gasteiger partial charge on any atom is 0.221 e. The first-order chi connectivity index (χ1) is 14.3. The van der Waals surface area contributed by atoms with E-state index in [0.29, 0.717) is 43.6 Å². The number of hydrogen-bond acceptors (Lipinski definition) is 7. The van der Waals surface area contributed by atoms with Gasteiger partial charge < -0.3 is 19.7 Å². The van der Waals surface area contributed by atoms with Crippen LogP contribution >= 0.6 is 12.4 Å². The van der Waals surface area contributed by atoms with Crippen molar-refractivity contribution < 1.29 is 13.9 Å². The van der Waals surface area contributed by atoms with Gasteiger partial charge in [-0.15, -0.1) is 12.4 Å². The Kier molecular flexibility index (Phi) is 6.31. The predicted molar refractivity (Wildman–Crippen MR) is 113 cm³/mol. The van der Waals surface area contributed by atoms with Crippen LogP contribution in [0.4, 0.5) is 10.2 Å². The number of nitrogens with one attached hydrogen (secondary N) is 1. The highest BCUT2D eigenvalue weighted by Gasteiger charge is 2.22. The molecule has 0 radical (unpaired) electrons. The predicted octanol–water partition coefficient (Wildman–Crippen LogP) is 2.32. The van der Waals surface area contributed by atoms with Crippen LogP contribution in [-0.2, 0) is 4.74 Å². The summed E-state index contributed by atoms with van der Waals surface area (Å²) in [7, 11) is 0. The van der Waals surface area contributed by atoms with E-state index in [1.807, 2.05) is 17.0 Å². The highest BCUT2D eigenvalue weighted by atomic mass is 35.5. The Hall–Kier alpha value is -2.49. The molecule has 0 unspecified atom stereocenters. The van der Waals surface area contributed by atoms with Crippen LogP contribution in [0.15, 0.2) is 30.7 Å². The van der Waals surface area contributed by atoms with Crippen molar-refractivity contribution in [3.63, 3.8) is 0 Å². The van der Waals surface area contributed by atoms with Crippen LogP contribution in [-0.4, -0.2) is 65.1 Å². The molecule has 2 aliphatic rings. The van der Waals surface area contributed by atoms with Gasteiger partial charge in [-0.25, -0.2) is 18.9 Å². The van der Waals surface area contributed by atoms with Crippen LogP contribution < -0.4 is 15.0 Å². The van der Waals surface area contributed by atoms with E-state index in [1.54, 1.807) is 12.4 Å². The molecule has 5 heterocycles. The van der Waals surface area contributed by atoms with E-state index in [2.05, 4.69) is 20.4 Å². The van der Waals surface area contributed by atoms with Crippen LogP contribution in [0.5, 0.6) is 5.88 Å². The first kappa shape index (κ1) is 20.8. The molecule has 3 aromatic rings. The normalized spacial score (nSPS) is 17.7. The van der Waals surface area contributed by atoms with Crippen LogP contribution in [0.1, 0.15) is 12.8 Å². The first-order valence-electron chi connectivity index (χ1n) is 9.99. The monoisotopic (exact) mass is 434 g/mol. The Morgan fingerprint density at radius 2 is 1.97 bits per heavy atom. The molecule has 3 aromatic heterocycles. The lowest BCUT2D eigenvalue weighted by Crippen LogP contribution is -2.44. The lowest BCUT2D eigenvalue weighted by Gasteiger charge is -2.28. The molecule has 0 aromatic carbocycles. The minimum Gasteiger partial charge on any atom is -0.474 e. The summed E-state index contributed by atoms with van der Waals surface area (Å²) in [6.45, 7) is 4.44. The smallest absolute Gasteiger partial charge is 0.221 e. The number of fused-ring (bicyclic) bond motifs is 1. The number of halogens is 2. The third kappa shape index (κ3) is 4.05. The molecular formula is C20H24ClFN6O2. The minimum absolute atomic E-state index is 0. The second-order valence-corrected chi connectivity index (χ2v) is 7.26. The highest BCUT2D eigenvalue weighted by Crippen LogP contribution is 2.33. The molecular weight excluding hydrogens is 411 g/mol. The second-order valence-electron chi connectivity index (χ2n) is 7.26. The van der Waals surface area contributed by atoms with Crippen LogP contribution in [0.25, 0.3) is 16.8 Å². The average molecular weight is 435 g/mol. The Labute approximate surface area is 179 Å². The number of rotatable bonds is 4. The first-order valence-corrected chi connectivity index (χ1v) is 9.99. The minimum atomic E-state index is -0.376. The van der Waals surface area contributed by atoms with Crippen LogP contribution in [0, 0.1) is 5.82 Å². The molecule has 0 atom stereocenters. The third-order valence-electron chi connectivity index (χ3n) is 5.35. The van der Waals surface area contributed by atoms with E-state index < -0.39 is 0 Å². The summed E-state index contributed by atoms with van der Waals surface area (Å²) in [4.78, 5) is 11.1. The van der Waals surface area contributed by atoms with Gasteiger partial charge in [0, 0.05) is 50.8 Å². The lowest BCUT2D eigenvalue weighted by molar-refractivity contribution is 0.0240. The molecule has 0 bridgehead atoms. The zero-order valence-corrected chi connectivity index (χ0v) is 17.3. The fraction of sp³-hybridized carbons (Fsp3) is 0.450. The number of nitrogens with zero attached hydrogens (tertiary/aromatic N) is 5. The fourth-order valence-corrected chi connectivity index (χ4v) is 3.81. The van der Waals surface area contributed by atoms with E-state index in [4.69, 9.17) is 9.47 Å². The SMILES string of the molecule is Cl.Fc1cn2ncc(-c3cccnc3OC3CCOCC3)c2nc1N1CCNCC1. The summed E-state index contributed by atoms with van der Waals surface area (Å²) in [5, 5.41) is 7.59. The summed E-state index contributed by atoms with van der Waals surface area (Å²) in [6.07, 6.45) is 6.53. The molecule has 5 rings (SSSR count). The third-order valence-corrected chi connectivity index (χ3v) is 5.35. The van der Waals surface area contributed by atoms with E-state index in [1.165, 1.54) is 10.7 Å². The van der Waals surface area contributed by atoms with Crippen LogP contribution in [0.3, 0.4) is 0 Å². The number of ether oxygens (including phenoxy) is 2. The zero-order chi connectivity index (χ0) is 19.6. The number of pyridine rings is 1. The summed E-state index contributed by atoms with van der Waals surface area (Å²) < 4.78 is 27.7. The maximum absolute atomic E-state index is 14.7. The Bertz CT molecular complexity index is 1000. The fourth-order valence-electron chi connectivity index (χ4n) is 3.81. The summed E-state index contributed by atoms with van der Waals surface area (Å²) in [5.41, 5.74) is 2.17. The van der Waals surface area contributed by atoms with Crippen molar-refractivity contribution in [1.29, 1.82) is 0 Å². The van der Waals surface area contributed by atoms with E-state index in [9.17, 15) is 4.39 Å². The molecule has 0 saturated carbocycles. The van der Waals surface area contributed by atoms with Gasteiger partial charge in [-0.3, -0.25) is 0 Å². The topological polar surface area (TPSA) is 76.8 Å². The largest absolute Gasteiger partial charge is 0.474 e. The van der Waals surface area contributed by atoms with E-state index >= 15 is 0 Å². The van der Waals surface area contributed by atoms with Gasteiger partial charge >= 0.3 is 0 Å². The lowest BCUT2D eigenvalue weighted by atomic mass is 10.1. The Morgan fingerprint density at radius 1 is 1.17 bits per heavy atom. The molecule has 2 aliphatic heterocycles. The van der Waals surface area contributed by atoms with Gasteiger partial charge in [0.15, 0.2) is 17.3 Å². The van der Waals surface area contributed by atoms with Crippen molar-refractivity contribution in [2.75, 3.05) is 44.3 Å². The van der Waals surface area contributed by atoms with Gasteiger partial charge in [-0.2, -0.15) is 5.10 Å². The van der Waals surface area contributed by atoms with Gasteiger partial charge in [0.2, 0.25) is 5.88 Å². The van der Waals surface area contributed by atoms with Gasteiger partial charge in [-0.1, -0.05) is 0 Å². The molecule has 1 N–H and O–H groups in total. The molecule has 8 nitrogen and oxygen atoms in total. The van der Waals surface area contributed by atoms with Crippen molar-refractivity contribution in [1.82, 2.24) is 24.9 Å². The quantitative estimate of drug-likeness (QED) is 0.675. The number of anilines is 1. The number of piperazine rings is 1. The molecule has 30 heavy (non-hydrogen) atoms. The maximum atomic E-state index is 14.7. The van der Waals surface area contributed by atoms with Crippen molar-refractivity contribution in [3.05, 3.63) is 36.5 Å². The van der Waals surface area contributed by atoms with Gasteiger partial charge in [0.25, 0.3) is 0 Å². The molecule has 160 valence electrons. The van der Waals surface area contributed by atoms with E-state index in [-0.39, 0.29) is 24.3 Å². The van der Waals surface area contributed by atoms with Crippen molar-refractivity contribution >= 4 is 23.9 Å². The molecule has 10 heteroatoms. The molecule has 0 spiro atoms. The summed E-state index contributed by atoms with van der Waals surface area (Å²) >= 11 is 0. The van der Waals surface area contributed by atoms with Gasteiger partial charge in [0.1, 0.15) is 6.10 Å². The molecule has 2 fully saturated rings. The Morgan fingerprint density at radius 3 is 2.77 bits per heavy atom. The van der Waals surface area contributed by atoms with E-state index in [0.717, 1.165) is 37.1 Å². The van der Waals surface area contributed by atoms with Gasteiger partial charge in [-0.05, 0) is 12.1 Å². The van der Waals surface area contributed by atoms with Crippen molar-refractivity contribution in [3.8, 4) is 17.0 Å². The average Bonchev–Trinajstić information content (AvgIpc) is 3.17. The molecule has 0 aliphatic carbocycles. The summed E-state index contributed by atoms with van der Waals surface area (Å²) in [5.74, 6) is 0.527. The molecule has 0 amide bonds. The number of aromatic nitrogens is 4. The molecule has 2 saturated heterocycles. The van der Waals surface area contributed by atoms with Crippen molar-refractivity contribution in [2.24, 2.45) is 0 Å². The van der Waals surface area contributed by atoms with Gasteiger partial charge in [0.05, 0.1) is 31.2 Å². The highest BCUT2D eigenvalue weighted by molar-refractivity contribution is 5.85. The Balaban J connectivity index is 0.00000218. The van der Waals surface area contributed by atoms with Crippen molar-refractivity contribution in [2.45, 2.75) is 18.9 Å². The second kappa shape index (κ2) is 9.11. The zero-order valence-electron chi connectivity index (χ0n) is 16.5. The number of hydrogen-bond donors (Lipinski definition) is 1. The standard InChI is InChI=1S/C20H23FN6O2.ClH/c21-17-13-27-18(25-19(17)26-8-6-22-7-9-26)16(12-24-27)15-2-1-5-23-20(15)29-14-3-10-28-11-4-14;/h1-2,5,12-14,22H,3-4,6-11H2;1H. The van der Waals surface area contributed by atoms with Crippen LogP contribution in [0.2, 0.25) is 0 Å². The summed E-state index contributed by atoms with van der Waals surface area (Å²) in [6, 6.07) is 3.80.